The van der Waals surface area contributed by atoms with Crippen molar-refractivity contribution in [3.05, 3.63) is 64.2 Å². The highest BCUT2D eigenvalue weighted by atomic mass is 35.5. The molecule has 3 rings (SSSR count). The number of sulfonamides is 1. The van der Waals surface area contributed by atoms with Crippen LogP contribution in [-0.4, -0.2) is 31.8 Å². The lowest BCUT2D eigenvalue weighted by molar-refractivity contribution is 0.0472. The van der Waals surface area contributed by atoms with Gasteiger partial charge >= 0.3 is 5.97 Å². The Bertz CT molecular complexity index is 1040. The number of rotatable bonds is 5. The van der Waals surface area contributed by atoms with E-state index in [0.29, 0.717) is 24.2 Å². The monoisotopic (exact) mass is 432 g/mol. The molecule has 2 aromatic rings. The molecule has 2 aromatic carbocycles. The van der Waals surface area contributed by atoms with Crippen molar-refractivity contribution in [1.29, 1.82) is 5.26 Å². The van der Waals surface area contributed by atoms with E-state index in [-0.39, 0.29) is 22.1 Å². The van der Waals surface area contributed by atoms with Crippen LogP contribution in [0.1, 0.15) is 47.2 Å². The SMILES string of the molecule is N#Cc1ccccc1COC(=O)c1ccc(Cl)c(S(=O)(=O)N2CCCCCC2)c1. The van der Waals surface area contributed by atoms with Gasteiger partial charge in [-0.2, -0.15) is 9.57 Å². The molecule has 0 saturated carbocycles. The van der Waals surface area contributed by atoms with E-state index in [1.54, 1.807) is 24.3 Å². The summed E-state index contributed by atoms with van der Waals surface area (Å²) in [4.78, 5) is 12.4. The third-order valence-electron chi connectivity index (χ3n) is 4.85. The van der Waals surface area contributed by atoms with E-state index in [0.717, 1.165) is 25.7 Å². The van der Waals surface area contributed by atoms with Crippen molar-refractivity contribution in [2.75, 3.05) is 13.1 Å². The topological polar surface area (TPSA) is 87.5 Å². The van der Waals surface area contributed by atoms with Crippen molar-refractivity contribution < 1.29 is 17.9 Å². The number of hydrogen-bond donors (Lipinski definition) is 0. The van der Waals surface area contributed by atoms with Crippen LogP contribution in [0.3, 0.4) is 0 Å². The largest absolute Gasteiger partial charge is 0.457 e. The number of hydrogen-bond acceptors (Lipinski definition) is 5. The Morgan fingerprint density at radius 3 is 2.48 bits per heavy atom. The first-order valence-corrected chi connectivity index (χ1v) is 11.2. The molecule has 0 amide bonds. The highest BCUT2D eigenvalue weighted by Gasteiger charge is 2.28. The smallest absolute Gasteiger partial charge is 0.338 e. The Morgan fingerprint density at radius 2 is 1.79 bits per heavy atom. The first kappa shape index (κ1) is 21.3. The Kier molecular flexibility index (Phi) is 6.91. The molecule has 1 fully saturated rings. The van der Waals surface area contributed by atoms with E-state index in [1.807, 2.05) is 6.07 Å². The van der Waals surface area contributed by atoms with Gasteiger partial charge in [0, 0.05) is 18.7 Å². The van der Waals surface area contributed by atoms with Gasteiger partial charge in [-0.3, -0.25) is 0 Å². The number of carbonyl (C=O) groups excluding carboxylic acids is 1. The fourth-order valence-electron chi connectivity index (χ4n) is 3.23. The van der Waals surface area contributed by atoms with Crippen molar-refractivity contribution in [2.45, 2.75) is 37.2 Å². The van der Waals surface area contributed by atoms with Gasteiger partial charge in [0.1, 0.15) is 11.5 Å². The van der Waals surface area contributed by atoms with Gasteiger partial charge in [-0.25, -0.2) is 13.2 Å². The molecule has 0 atom stereocenters. The zero-order valence-electron chi connectivity index (χ0n) is 15.8. The van der Waals surface area contributed by atoms with E-state index in [1.165, 1.54) is 22.5 Å². The zero-order chi connectivity index (χ0) is 20.9. The van der Waals surface area contributed by atoms with Crippen LogP contribution in [0.2, 0.25) is 5.02 Å². The Morgan fingerprint density at radius 1 is 1.10 bits per heavy atom. The van der Waals surface area contributed by atoms with E-state index < -0.39 is 16.0 Å². The number of nitrogens with zero attached hydrogens (tertiary/aromatic N) is 2. The number of ether oxygens (including phenoxy) is 1. The molecule has 0 bridgehead atoms. The second-order valence-corrected chi connectivity index (χ2v) is 9.12. The maximum Gasteiger partial charge on any atom is 0.338 e. The average molecular weight is 433 g/mol. The Balaban J connectivity index is 1.81. The van der Waals surface area contributed by atoms with Crippen LogP contribution in [0.25, 0.3) is 0 Å². The molecule has 1 aliphatic rings. The van der Waals surface area contributed by atoms with Gasteiger partial charge in [0.15, 0.2) is 0 Å². The van der Waals surface area contributed by atoms with Gasteiger partial charge in [0.05, 0.1) is 22.2 Å². The summed E-state index contributed by atoms with van der Waals surface area (Å²) in [5, 5.41) is 9.19. The fraction of sp³-hybridized carbons (Fsp3) is 0.333. The Labute approximate surface area is 175 Å². The molecule has 0 unspecified atom stereocenters. The summed E-state index contributed by atoms with van der Waals surface area (Å²) in [5.41, 5.74) is 1.09. The number of benzene rings is 2. The summed E-state index contributed by atoms with van der Waals surface area (Å²) >= 11 is 6.16. The summed E-state index contributed by atoms with van der Waals surface area (Å²) < 4.78 is 32.8. The average Bonchev–Trinajstić information content (AvgIpc) is 3.02. The minimum Gasteiger partial charge on any atom is -0.457 e. The number of esters is 1. The number of halogens is 1. The molecule has 0 aromatic heterocycles. The second-order valence-electron chi connectivity index (χ2n) is 6.81. The predicted molar refractivity (Wildman–Crippen MR) is 109 cm³/mol. The summed E-state index contributed by atoms with van der Waals surface area (Å²) in [6, 6.07) is 12.9. The van der Waals surface area contributed by atoms with Crippen molar-refractivity contribution in [2.24, 2.45) is 0 Å². The lowest BCUT2D eigenvalue weighted by Gasteiger charge is -2.21. The van der Waals surface area contributed by atoms with Crippen LogP contribution in [0.15, 0.2) is 47.4 Å². The van der Waals surface area contributed by atoms with Crippen LogP contribution < -0.4 is 0 Å². The number of nitriles is 1. The first-order chi connectivity index (χ1) is 13.9. The molecule has 0 aliphatic carbocycles. The number of carbonyl (C=O) groups is 1. The third kappa shape index (κ3) is 4.96. The highest BCUT2D eigenvalue weighted by molar-refractivity contribution is 7.89. The molecule has 152 valence electrons. The van der Waals surface area contributed by atoms with Gasteiger partial charge in [0.25, 0.3) is 0 Å². The molecule has 8 heteroatoms. The van der Waals surface area contributed by atoms with E-state index >= 15 is 0 Å². The van der Waals surface area contributed by atoms with Crippen molar-refractivity contribution in [1.82, 2.24) is 4.31 Å². The van der Waals surface area contributed by atoms with Gasteiger partial charge in [0.2, 0.25) is 10.0 Å². The van der Waals surface area contributed by atoms with Crippen molar-refractivity contribution in [3.63, 3.8) is 0 Å². The molecule has 1 saturated heterocycles. The van der Waals surface area contributed by atoms with Gasteiger partial charge in [-0.05, 0) is 37.1 Å². The van der Waals surface area contributed by atoms with E-state index in [2.05, 4.69) is 0 Å². The molecule has 1 aliphatic heterocycles. The quantitative estimate of drug-likeness (QED) is 0.663. The summed E-state index contributed by atoms with van der Waals surface area (Å²) in [6.07, 6.45) is 3.60. The standard InChI is InChI=1S/C21H21ClN2O4S/c22-19-10-9-16(21(25)28-15-18-8-4-3-7-17(18)14-23)13-20(19)29(26,27)24-11-5-1-2-6-12-24/h3-4,7-10,13H,1-2,5-6,11-12,15H2. The van der Waals surface area contributed by atoms with Crippen LogP contribution in [-0.2, 0) is 21.4 Å². The Hall–Kier alpha value is -2.40. The summed E-state index contributed by atoms with van der Waals surface area (Å²) in [5.74, 6) is -0.679. The summed E-state index contributed by atoms with van der Waals surface area (Å²) in [6.45, 7) is 0.802. The molecule has 0 radical (unpaired) electrons. The van der Waals surface area contributed by atoms with Crippen LogP contribution in [0.4, 0.5) is 0 Å². The van der Waals surface area contributed by atoms with Gasteiger partial charge in [-0.15, -0.1) is 0 Å². The lowest BCUT2D eigenvalue weighted by atomic mass is 10.1. The molecule has 29 heavy (non-hydrogen) atoms. The van der Waals surface area contributed by atoms with Crippen molar-refractivity contribution >= 4 is 27.6 Å². The lowest BCUT2D eigenvalue weighted by Crippen LogP contribution is -2.32. The van der Waals surface area contributed by atoms with Gasteiger partial charge in [-0.1, -0.05) is 42.6 Å². The van der Waals surface area contributed by atoms with Crippen LogP contribution >= 0.6 is 11.6 Å². The molecule has 6 nitrogen and oxygen atoms in total. The van der Waals surface area contributed by atoms with E-state index in [4.69, 9.17) is 21.6 Å². The minimum atomic E-state index is -3.80. The third-order valence-corrected chi connectivity index (χ3v) is 7.23. The predicted octanol–water partition coefficient (Wildman–Crippen LogP) is 4.13. The normalized spacial score (nSPS) is 15.3. The maximum absolute atomic E-state index is 13.1. The zero-order valence-corrected chi connectivity index (χ0v) is 17.4. The van der Waals surface area contributed by atoms with Crippen LogP contribution in [0, 0.1) is 11.3 Å². The molecule has 0 spiro atoms. The fourth-order valence-corrected chi connectivity index (χ4v) is 5.25. The van der Waals surface area contributed by atoms with Crippen molar-refractivity contribution in [3.8, 4) is 6.07 Å². The van der Waals surface area contributed by atoms with Crippen LogP contribution in [0.5, 0.6) is 0 Å². The summed E-state index contributed by atoms with van der Waals surface area (Å²) in [7, 11) is -3.80. The second kappa shape index (κ2) is 9.40. The van der Waals surface area contributed by atoms with E-state index in [9.17, 15) is 13.2 Å². The molecular formula is C21H21ClN2O4S. The maximum atomic E-state index is 13.1. The molecular weight excluding hydrogens is 412 g/mol. The molecule has 1 heterocycles. The minimum absolute atomic E-state index is 0.0700. The van der Waals surface area contributed by atoms with Gasteiger partial charge < -0.3 is 4.74 Å². The highest BCUT2D eigenvalue weighted by Crippen LogP contribution is 2.28. The molecule has 0 N–H and O–H groups in total. The first-order valence-electron chi connectivity index (χ1n) is 9.38.